The lowest BCUT2D eigenvalue weighted by atomic mass is 9.91. The molecule has 0 aliphatic carbocycles. The van der Waals surface area contributed by atoms with Gasteiger partial charge in [-0.1, -0.05) is 29.8 Å². The van der Waals surface area contributed by atoms with Gasteiger partial charge >= 0.3 is 0 Å². The minimum absolute atomic E-state index is 0.0294. The highest BCUT2D eigenvalue weighted by molar-refractivity contribution is 6.31. The van der Waals surface area contributed by atoms with Crippen LogP contribution in [0, 0.1) is 0 Å². The number of benzene rings is 1. The van der Waals surface area contributed by atoms with E-state index in [1.165, 1.54) is 12.0 Å². The molecule has 13 heavy (non-hydrogen) atoms. The van der Waals surface area contributed by atoms with Crippen LogP contribution in [0.4, 0.5) is 0 Å². The van der Waals surface area contributed by atoms with Gasteiger partial charge in [-0.25, -0.2) is 5.32 Å². The van der Waals surface area contributed by atoms with E-state index in [9.17, 15) is 0 Å². The van der Waals surface area contributed by atoms with E-state index in [0.717, 1.165) is 18.0 Å². The molecule has 1 radical (unpaired) electrons. The summed E-state index contributed by atoms with van der Waals surface area (Å²) in [5, 5.41) is 5.46. The second kappa shape index (κ2) is 3.32. The summed E-state index contributed by atoms with van der Waals surface area (Å²) >= 11 is 6.13. The minimum atomic E-state index is -0.0294. The van der Waals surface area contributed by atoms with Gasteiger partial charge in [0.05, 0.1) is 5.54 Å². The molecule has 0 amide bonds. The molecule has 1 nitrogen and oxygen atoms in total. The molecular formula is C11H13ClN. The number of nitrogens with zero attached hydrogens (tertiary/aromatic N) is 1. The van der Waals surface area contributed by atoms with Crippen molar-refractivity contribution < 1.29 is 0 Å². The Morgan fingerprint density at radius 2 is 2.15 bits per heavy atom. The first kappa shape index (κ1) is 9.04. The Balaban J connectivity index is 2.39. The lowest BCUT2D eigenvalue weighted by Gasteiger charge is -2.24. The summed E-state index contributed by atoms with van der Waals surface area (Å²) in [6.45, 7) is 3.14. The van der Waals surface area contributed by atoms with E-state index in [4.69, 9.17) is 11.6 Å². The lowest BCUT2D eigenvalue weighted by Crippen LogP contribution is -2.27. The van der Waals surface area contributed by atoms with E-state index < -0.39 is 0 Å². The highest BCUT2D eigenvalue weighted by atomic mass is 35.5. The van der Waals surface area contributed by atoms with Crippen LogP contribution in [0.2, 0.25) is 5.02 Å². The van der Waals surface area contributed by atoms with E-state index in [1.54, 1.807) is 0 Å². The summed E-state index contributed by atoms with van der Waals surface area (Å²) < 4.78 is 0. The minimum Gasteiger partial charge on any atom is -0.231 e. The second-order valence-electron chi connectivity index (χ2n) is 3.74. The highest BCUT2D eigenvalue weighted by Crippen LogP contribution is 2.35. The maximum atomic E-state index is 6.13. The number of rotatable bonds is 1. The van der Waals surface area contributed by atoms with E-state index in [-0.39, 0.29) is 5.54 Å². The predicted molar refractivity (Wildman–Crippen MR) is 55.0 cm³/mol. The monoisotopic (exact) mass is 194 g/mol. The van der Waals surface area contributed by atoms with Crippen LogP contribution in [-0.2, 0) is 5.54 Å². The molecule has 0 N–H and O–H groups in total. The molecule has 2 rings (SSSR count). The van der Waals surface area contributed by atoms with Crippen LogP contribution < -0.4 is 5.32 Å². The summed E-state index contributed by atoms with van der Waals surface area (Å²) in [5.74, 6) is 0. The molecule has 1 fully saturated rings. The summed E-state index contributed by atoms with van der Waals surface area (Å²) in [4.78, 5) is 0. The SMILES string of the molecule is CC1(c2ccccc2Cl)CCC[N]1. The van der Waals surface area contributed by atoms with Crippen molar-refractivity contribution >= 4 is 11.6 Å². The van der Waals surface area contributed by atoms with Crippen LogP contribution in [0.5, 0.6) is 0 Å². The Morgan fingerprint density at radius 3 is 2.77 bits per heavy atom. The normalized spacial score (nSPS) is 27.8. The number of hydrogen-bond acceptors (Lipinski definition) is 0. The molecule has 1 aromatic carbocycles. The first-order chi connectivity index (χ1) is 6.22. The van der Waals surface area contributed by atoms with Crippen molar-refractivity contribution in [2.45, 2.75) is 25.3 Å². The molecule has 1 heterocycles. The smallest absolute Gasteiger partial charge is 0.0592 e. The van der Waals surface area contributed by atoms with E-state index in [1.807, 2.05) is 18.2 Å². The zero-order valence-corrected chi connectivity index (χ0v) is 8.51. The van der Waals surface area contributed by atoms with Crippen molar-refractivity contribution in [2.24, 2.45) is 0 Å². The van der Waals surface area contributed by atoms with Crippen LogP contribution in [0.1, 0.15) is 25.3 Å². The van der Waals surface area contributed by atoms with Crippen molar-refractivity contribution in [3.63, 3.8) is 0 Å². The summed E-state index contributed by atoms with van der Waals surface area (Å²) in [7, 11) is 0. The molecule has 1 aliphatic rings. The third-order valence-corrected chi connectivity index (χ3v) is 3.07. The van der Waals surface area contributed by atoms with Crippen LogP contribution in [-0.4, -0.2) is 6.54 Å². The second-order valence-corrected chi connectivity index (χ2v) is 4.15. The lowest BCUT2D eigenvalue weighted by molar-refractivity contribution is 0.426. The van der Waals surface area contributed by atoms with Crippen molar-refractivity contribution in [3.05, 3.63) is 34.9 Å². The first-order valence-electron chi connectivity index (χ1n) is 4.66. The topological polar surface area (TPSA) is 14.1 Å². The first-order valence-corrected chi connectivity index (χ1v) is 5.04. The maximum Gasteiger partial charge on any atom is 0.0592 e. The Bertz CT molecular complexity index is 303. The molecule has 1 aromatic rings. The third kappa shape index (κ3) is 1.59. The van der Waals surface area contributed by atoms with Gasteiger partial charge < -0.3 is 0 Å². The van der Waals surface area contributed by atoms with Gasteiger partial charge in [-0.2, -0.15) is 0 Å². The zero-order valence-electron chi connectivity index (χ0n) is 7.76. The van der Waals surface area contributed by atoms with Crippen LogP contribution in [0.15, 0.2) is 24.3 Å². The van der Waals surface area contributed by atoms with Gasteiger partial charge in [0.2, 0.25) is 0 Å². The average molecular weight is 195 g/mol. The van der Waals surface area contributed by atoms with E-state index in [2.05, 4.69) is 18.3 Å². The van der Waals surface area contributed by atoms with Crippen molar-refractivity contribution in [2.75, 3.05) is 6.54 Å². The van der Waals surface area contributed by atoms with Gasteiger partial charge in [0, 0.05) is 11.6 Å². The van der Waals surface area contributed by atoms with Gasteiger partial charge in [-0.15, -0.1) is 0 Å². The summed E-state index contributed by atoms with van der Waals surface area (Å²) in [6, 6.07) is 8.01. The van der Waals surface area contributed by atoms with Crippen molar-refractivity contribution in [1.82, 2.24) is 5.32 Å². The number of hydrogen-bond donors (Lipinski definition) is 0. The Hall–Kier alpha value is -0.530. The fraction of sp³-hybridized carbons (Fsp3) is 0.455. The van der Waals surface area contributed by atoms with Crippen molar-refractivity contribution in [3.8, 4) is 0 Å². The molecule has 0 bridgehead atoms. The standard InChI is InChI=1S/C11H13ClN/c1-11(7-4-8-13-11)9-5-2-3-6-10(9)12/h2-3,5-6H,4,7-8H2,1H3. The summed E-state index contributed by atoms with van der Waals surface area (Å²) in [5.41, 5.74) is 1.15. The fourth-order valence-electron chi connectivity index (χ4n) is 1.95. The van der Waals surface area contributed by atoms with Gasteiger partial charge in [0.15, 0.2) is 0 Å². The highest BCUT2D eigenvalue weighted by Gasteiger charge is 2.32. The molecule has 1 unspecified atom stereocenters. The molecule has 0 saturated carbocycles. The Kier molecular flexibility index (Phi) is 2.31. The van der Waals surface area contributed by atoms with Gasteiger partial charge in [0.1, 0.15) is 0 Å². The van der Waals surface area contributed by atoms with Crippen LogP contribution in [0.3, 0.4) is 0 Å². The van der Waals surface area contributed by atoms with E-state index in [0.29, 0.717) is 0 Å². The fourth-order valence-corrected chi connectivity index (χ4v) is 2.29. The molecular weight excluding hydrogens is 182 g/mol. The summed E-state index contributed by atoms with van der Waals surface area (Å²) in [6.07, 6.45) is 2.30. The van der Waals surface area contributed by atoms with Gasteiger partial charge in [-0.05, 0) is 31.4 Å². The molecule has 1 saturated heterocycles. The Labute approximate surface area is 84.1 Å². The zero-order chi connectivity index (χ0) is 9.31. The third-order valence-electron chi connectivity index (χ3n) is 2.74. The quantitative estimate of drug-likeness (QED) is 0.653. The van der Waals surface area contributed by atoms with Gasteiger partial charge in [0.25, 0.3) is 0 Å². The molecule has 1 atom stereocenters. The Morgan fingerprint density at radius 1 is 1.38 bits per heavy atom. The van der Waals surface area contributed by atoms with Crippen LogP contribution >= 0.6 is 11.6 Å². The maximum absolute atomic E-state index is 6.13. The van der Waals surface area contributed by atoms with Crippen LogP contribution in [0.25, 0.3) is 0 Å². The predicted octanol–water partition coefficient (Wildman–Crippen LogP) is 2.95. The molecule has 0 aromatic heterocycles. The molecule has 2 heteroatoms. The largest absolute Gasteiger partial charge is 0.231 e. The van der Waals surface area contributed by atoms with Crippen molar-refractivity contribution in [1.29, 1.82) is 0 Å². The van der Waals surface area contributed by atoms with E-state index >= 15 is 0 Å². The average Bonchev–Trinajstić information content (AvgIpc) is 2.54. The molecule has 0 spiro atoms. The molecule has 1 aliphatic heterocycles. The van der Waals surface area contributed by atoms with Gasteiger partial charge in [-0.3, -0.25) is 0 Å². The number of halogens is 1. The molecule has 69 valence electrons.